The molecule has 2 N–H and O–H groups in total. The molecule has 0 saturated carbocycles. The molecule has 20 heavy (non-hydrogen) atoms. The molecule has 0 radical (unpaired) electrons. The highest BCUT2D eigenvalue weighted by Crippen LogP contribution is 2.36. The zero-order chi connectivity index (χ0) is 14.9. The van der Waals surface area contributed by atoms with Crippen LogP contribution >= 0.6 is 22.6 Å². The van der Waals surface area contributed by atoms with Gasteiger partial charge in [0.2, 0.25) is 0 Å². The molecule has 0 heterocycles. The molecular weight excluding hydrogens is 378 g/mol. The molecule has 0 aromatic heterocycles. The Morgan fingerprint density at radius 3 is 2.25 bits per heavy atom. The molecule has 2 rings (SSSR count). The van der Waals surface area contributed by atoms with Crippen molar-refractivity contribution in [1.82, 2.24) is 0 Å². The Hall–Kier alpha value is -1.08. The molecule has 0 aliphatic rings. The molecule has 0 amide bonds. The number of aryl methyl sites for hydroxylation is 1. The summed E-state index contributed by atoms with van der Waals surface area (Å²) in [4.78, 5) is 0. The highest BCUT2D eigenvalue weighted by Gasteiger charge is 2.34. The average molecular weight is 391 g/mol. The van der Waals surface area contributed by atoms with Crippen LogP contribution in [-0.2, 0) is 6.18 Å². The maximum atomic E-state index is 13.0. The fraction of sp³-hybridized carbons (Fsp3) is 0.200. The van der Waals surface area contributed by atoms with Gasteiger partial charge in [-0.25, -0.2) is 0 Å². The molecule has 2 aromatic rings. The minimum Gasteiger partial charge on any atom is -0.320 e. The second kappa shape index (κ2) is 5.73. The van der Waals surface area contributed by atoms with Crippen molar-refractivity contribution >= 4 is 22.6 Å². The lowest BCUT2D eigenvalue weighted by atomic mass is 9.94. The fourth-order valence-electron chi connectivity index (χ4n) is 2.10. The van der Waals surface area contributed by atoms with Crippen LogP contribution in [0.5, 0.6) is 0 Å². The predicted octanol–water partition coefficient (Wildman–Crippen LogP) is 4.67. The van der Waals surface area contributed by atoms with Gasteiger partial charge >= 0.3 is 6.18 Å². The molecule has 106 valence electrons. The van der Waals surface area contributed by atoms with E-state index in [1.165, 1.54) is 12.1 Å². The Kier molecular flexibility index (Phi) is 4.39. The summed E-state index contributed by atoms with van der Waals surface area (Å²) in [6.07, 6.45) is -4.40. The van der Waals surface area contributed by atoms with Gasteiger partial charge in [-0.2, -0.15) is 13.2 Å². The number of hydrogen-bond donors (Lipinski definition) is 1. The molecular formula is C15H13F3IN. The van der Waals surface area contributed by atoms with Gasteiger partial charge in [-0.3, -0.25) is 0 Å². The Morgan fingerprint density at radius 1 is 1.00 bits per heavy atom. The Bertz CT molecular complexity index is 623. The Morgan fingerprint density at radius 2 is 1.60 bits per heavy atom. The molecule has 1 atom stereocenters. The summed E-state index contributed by atoms with van der Waals surface area (Å²) in [6.45, 7) is 1.91. The Labute approximate surface area is 129 Å². The second-order valence-electron chi connectivity index (χ2n) is 4.54. The smallest absolute Gasteiger partial charge is 0.320 e. The Balaban J connectivity index is 2.55. The normalized spacial score (nSPS) is 13.3. The van der Waals surface area contributed by atoms with E-state index in [0.717, 1.165) is 15.2 Å². The number of benzene rings is 2. The van der Waals surface area contributed by atoms with Gasteiger partial charge in [-0.1, -0.05) is 36.4 Å². The van der Waals surface area contributed by atoms with Gasteiger partial charge in [-0.05, 0) is 52.3 Å². The van der Waals surface area contributed by atoms with Crippen LogP contribution in [0.4, 0.5) is 13.2 Å². The van der Waals surface area contributed by atoms with Crippen LogP contribution in [0.2, 0.25) is 0 Å². The van der Waals surface area contributed by atoms with E-state index in [9.17, 15) is 13.2 Å². The quantitative estimate of drug-likeness (QED) is 0.741. The minimum atomic E-state index is -4.40. The third-order valence-electron chi connectivity index (χ3n) is 3.16. The van der Waals surface area contributed by atoms with Crippen molar-refractivity contribution in [3.8, 4) is 0 Å². The molecule has 0 aliphatic carbocycles. The van der Waals surface area contributed by atoms with Crippen molar-refractivity contribution in [2.75, 3.05) is 0 Å². The topological polar surface area (TPSA) is 26.0 Å². The van der Waals surface area contributed by atoms with Gasteiger partial charge in [0.25, 0.3) is 0 Å². The summed E-state index contributed by atoms with van der Waals surface area (Å²) in [7, 11) is 0. The van der Waals surface area contributed by atoms with E-state index in [1.54, 1.807) is 12.1 Å². The third-order valence-corrected chi connectivity index (χ3v) is 4.63. The van der Waals surface area contributed by atoms with Gasteiger partial charge in [0, 0.05) is 3.57 Å². The summed E-state index contributed by atoms with van der Waals surface area (Å²) in [5.41, 5.74) is 7.22. The standard InChI is InChI=1S/C15H13F3IN/c1-9-5-4-7-11(13(9)19)14(20)10-6-2-3-8-12(10)15(16,17)18/h2-8,14H,20H2,1H3. The van der Waals surface area contributed by atoms with Crippen LogP contribution in [0.25, 0.3) is 0 Å². The second-order valence-corrected chi connectivity index (χ2v) is 5.62. The van der Waals surface area contributed by atoms with E-state index in [2.05, 4.69) is 22.6 Å². The molecule has 1 unspecified atom stereocenters. The number of halogens is 4. The molecule has 0 bridgehead atoms. The summed E-state index contributed by atoms with van der Waals surface area (Å²) >= 11 is 2.12. The van der Waals surface area contributed by atoms with Crippen LogP contribution in [0.15, 0.2) is 42.5 Å². The first-order chi connectivity index (χ1) is 9.32. The van der Waals surface area contributed by atoms with Crippen molar-refractivity contribution in [2.45, 2.75) is 19.1 Å². The number of hydrogen-bond acceptors (Lipinski definition) is 1. The fourth-order valence-corrected chi connectivity index (χ4v) is 2.80. The monoisotopic (exact) mass is 391 g/mol. The van der Waals surface area contributed by atoms with Crippen LogP contribution in [0.1, 0.15) is 28.3 Å². The SMILES string of the molecule is Cc1cccc(C(N)c2ccccc2C(F)(F)F)c1I. The molecule has 0 aliphatic heterocycles. The van der Waals surface area contributed by atoms with Gasteiger partial charge in [0.15, 0.2) is 0 Å². The number of alkyl halides is 3. The molecule has 2 aromatic carbocycles. The van der Waals surface area contributed by atoms with Crippen LogP contribution in [0, 0.1) is 10.5 Å². The van der Waals surface area contributed by atoms with Gasteiger partial charge in [-0.15, -0.1) is 0 Å². The first-order valence-corrected chi connectivity index (χ1v) is 7.07. The number of rotatable bonds is 2. The van der Waals surface area contributed by atoms with Crippen molar-refractivity contribution < 1.29 is 13.2 Å². The summed E-state index contributed by atoms with van der Waals surface area (Å²) in [5.74, 6) is 0. The zero-order valence-electron chi connectivity index (χ0n) is 10.7. The molecule has 5 heteroatoms. The average Bonchev–Trinajstić information content (AvgIpc) is 2.40. The van der Waals surface area contributed by atoms with Crippen molar-refractivity contribution in [1.29, 1.82) is 0 Å². The van der Waals surface area contributed by atoms with E-state index in [4.69, 9.17) is 5.73 Å². The lowest BCUT2D eigenvalue weighted by Gasteiger charge is -2.20. The summed E-state index contributed by atoms with van der Waals surface area (Å²) in [6, 6.07) is 10.2. The largest absolute Gasteiger partial charge is 0.416 e. The summed E-state index contributed by atoms with van der Waals surface area (Å²) < 4.78 is 40.0. The minimum absolute atomic E-state index is 0.100. The van der Waals surface area contributed by atoms with E-state index in [1.807, 2.05) is 19.1 Å². The lowest BCUT2D eigenvalue weighted by Crippen LogP contribution is -2.19. The van der Waals surface area contributed by atoms with E-state index < -0.39 is 17.8 Å². The van der Waals surface area contributed by atoms with Gasteiger partial charge < -0.3 is 5.73 Å². The van der Waals surface area contributed by atoms with Crippen LogP contribution < -0.4 is 5.73 Å². The van der Waals surface area contributed by atoms with Crippen molar-refractivity contribution in [3.63, 3.8) is 0 Å². The molecule has 0 fully saturated rings. The van der Waals surface area contributed by atoms with E-state index in [-0.39, 0.29) is 5.56 Å². The van der Waals surface area contributed by atoms with Crippen molar-refractivity contribution in [2.24, 2.45) is 5.73 Å². The summed E-state index contributed by atoms with van der Waals surface area (Å²) in [5, 5.41) is 0. The maximum absolute atomic E-state index is 13.0. The maximum Gasteiger partial charge on any atom is 0.416 e. The lowest BCUT2D eigenvalue weighted by molar-refractivity contribution is -0.138. The van der Waals surface area contributed by atoms with E-state index >= 15 is 0 Å². The van der Waals surface area contributed by atoms with Gasteiger partial charge in [0.05, 0.1) is 11.6 Å². The number of nitrogens with two attached hydrogens (primary N) is 1. The molecule has 0 saturated heterocycles. The van der Waals surface area contributed by atoms with E-state index in [0.29, 0.717) is 5.56 Å². The van der Waals surface area contributed by atoms with Gasteiger partial charge in [0.1, 0.15) is 0 Å². The molecule has 1 nitrogen and oxygen atoms in total. The van der Waals surface area contributed by atoms with Crippen molar-refractivity contribution in [3.05, 3.63) is 68.3 Å². The zero-order valence-corrected chi connectivity index (χ0v) is 12.9. The highest BCUT2D eigenvalue weighted by atomic mass is 127. The third kappa shape index (κ3) is 2.98. The van der Waals surface area contributed by atoms with Crippen LogP contribution in [-0.4, -0.2) is 0 Å². The van der Waals surface area contributed by atoms with Crippen LogP contribution in [0.3, 0.4) is 0 Å². The predicted molar refractivity (Wildman–Crippen MR) is 81.4 cm³/mol. The molecule has 0 spiro atoms. The first-order valence-electron chi connectivity index (χ1n) is 5.99. The highest BCUT2D eigenvalue weighted by molar-refractivity contribution is 14.1. The first kappa shape index (κ1) is 15.3.